The van der Waals surface area contributed by atoms with Gasteiger partial charge in [0.2, 0.25) is 5.91 Å². The molecule has 0 aromatic carbocycles. The minimum atomic E-state index is -1.78. The second-order valence-electron chi connectivity index (χ2n) is 18.0. The third-order valence-corrected chi connectivity index (χ3v) is 12.5. The third-order valence-electron chi connectivity index (χ3n) is 12.5. The van der Waals surface area contributed by atoms with Gasteiger partial charge < -0.3 is 65.1 Å². The van der Waals surface area contributed by atoms with E-state index in [4.69, 9.17) is 18.9 Å². The molecule has 12 atom stereocenters. The van der Waals surface area contributed by atoms with Crippen molar-refractivity contribution in [2.75, 3.05) is 19.8 Å². The summed E-state index contributed by atoms with van der Waals surface area (Å²) < 4.78 is 22.7. The minimum Gasteiger partial charge on any atom is -0.394 e. The number of aliphatic hydroxyl groups is 8. The van der Waals surface area contributed by atoms with Crippen LogP contribution in [0.4, 0.5) is 0 Å². The molecule has 0 aliphatic carbocycles. The summed E-state index contributed by atoms with van der Waals surface area (Å²) in [6, 6.07) is -0.906. The maximum absolute atomic E-state index is 13.1. The number of aliphatic hydroxyl groups excluding tert-OH is 8. The molecule has 0 spiro atoms. The quantitative estimate of drug-likeness (QED) is 0.0257. The van der Waals surface area contributed by atoms with Crippen LogP contribution >= 0.6 is 0 Å². The van der Waals surface area contributed by atoms with E-state index in [2.05, 4.69) is 19.2 Å². The molecule has 2 rings (SSSR count). The van der Waals surface area contributed by atoms with Crippen molar-refractivity contribution in [2.24, 2.45) is 0 Å². The van der Waals surface area contributed by atoms with Crippen LogP contribution in [0.15, 0.2) is 12.2 Å². The Bertz CT molecular complexity index is 1100. The highest BCUT2D eigenvalue weighted by atomic mass is 16.7. The number of carbonyl (C=O) groups is 1. The molecule has 0 bridgehead atoms. The first-order chi connectivity index (χ1) is 30.1. The molecule has 0 saturated carbocycles. The lowest BCUT2D eigenvalue weighted by Crippen LogP contribution is -2.65. The van der Waals surface area contributed by atoms with Crippen LogP contribution in [0.25, 0.3) is 0 Å². The molecule has 0 radical (unpaired) electrons. The molecular formula is C48H91NO13. The SMILES string of the molecule is CCCCCCCCCCCCC/C=C/[C@@H](O)[C@H](CO[C@@H]1O[C@H](CO)[C@@H](O[C@@H]2O[C@H](CO)[C@H](O)C(O)C2O)C(O)C1O)NC(=O)CCCCCCCCCCCCCCCCC. The monoisotopic (exact) mass is 890 g/mol. The molecule has 4 unspecified atom stereocenters. The zero-order chi connectivity index (χ0) is 45.4. The molecule has 2 saturated heterocycles. The number of amides is 1. The Kier molecular flexibility index (Phi) is 32.9. The summed E-state index contributed by atoms with van der Waals surface area (Å²) in [5.41, 5.74) is 0. The van der Waals surface area contributed by atoms with Gasteiger partial charge in [-0.05, 0) is 19.3 Å². The van der Waals surface area contributed by atoms with Gasteiger partial charge in [-0.15, -0.1) is 0 Å². The molecule has 366 valence electrons. The fourth-order valence-electron chi connectivity index (χ4n) is 8.35. The summed E-state index contributed by atoms with van der Waals surface area (Å²) in [6.07, 6.45) is 19.6. The van der Waals surface area contributed by atoms with Gasteiger partial charge >= 0.3 is 0 Å². The number of unbranched alkanes of at least 4 members (excludes halogenated alkanes) is 25. The van der Waals surface area contributed by atoms with Crippen LogP contribution in [-0.2, 0) is 23.7 Å². The third kappa shape index (κ3) is 23.3. The largest absolute Gasteiger partial charge is 0.394 e. The average Bonchev–Trinajstić information content (AvgIpc) is 3.27. The first-order valence-electron chi connectivity index (χ1n) is 24.9. The number of ether oxygens (including phenoxy) is 4. The molecule has 1 amide bonds. The lowest BCUT2D eigenvalue weighted by atomic mass is 9.97. The highest BCUT2D eigenvalue weighted by Crippen LogP contribution is 2.30. The Morgan fingerprint density at radius 2 is 1.00 bits per heavy atom. The maximum Gasteiger partial charge on any atom is 0.220 e. The highest BCUT2D eigenvalue weighted by Gasteiger charge is 2.51. The second-order valence-corrected chi connectivity index (χ2v) is 18.0. The van der Waals surface area contributed by atoms with Gasteiger partial charge in [-0.2, -0.15) is 0 Å². The van der Waals surface area contributed by atoms with Crippen LogP contribution in [0.5, 0.6) is 0 Å². The molecule has 14 nitrogen and oxygen atoms in total. The molecule has 14 heteroatoms. The zero-order valence-corrected chi connectivity index (χ0v) is 38.6. The molecule has 0 aromatic heterocycles. The summed E-state index contributed by atoms with van der Waals surface area (Å²) in [7, 11) is 0. The molecule has 2 heterocycles. The normalized spacial score (nSPS) is 27.8. The van der Waals surface area contributed by atoms with Crippen molar-refractivity contribution >= 4 is 5.91 Å². The number of hydrogen-bond acceptors (Lipinski definition) is 13. The van der Waals surface area contributed by atoms with Crippen LogP contribution < -0.4 is 5.32 Å². The van der Waals surface area contributed by atoms with Crippen molar-refractivity contribution in [3.8, 4) is 0 Å². The number of carbonyl (C=O) groups excluding carboxylic acids is 1. The molecular weight excluding hydrogens is 799 g/mol. The van der Waals surface area contributed by atoms with Gasteiger partial charge in [0, 0.05) is 6.42 Å². The highest BCUT2D eigenvalue weighted by molar-refractivity contribution is 5.76. The number of hydrogen-bond donors (Lipinski definition) is 9. The Morgan fingerprint density at radius 3 is 1.48 bits per heavy atom. The fourth-order valence-corrected chi connectivity index (χ4v) is 8.35. The smallest absolute Gasteiger partial charge is 0.220 e. The van der Waals surface area contributed by atoms with Crippen LogP contribution in [0.1, 0.15) is 194 Å². The number of nitrogens with one attached hydrogen (secondary N) is 1. The lowest BCUT2D eigenvalue weighted by molar-refractivity contribution is -0.359. The predicted octanol–water partition coefficient (Wildman–Crippen LogP) is 5.99. The van der Waals surface area contributed by atoms with Crippen LogP contribution in [0.2, 0.25) is 0 Å². The minimum absolute atomic E-state index is 0.238. The van der Waals surface area contributed by atoms with E-state index in [-0.39, 0.29) is 18.9 Å². The zero-order valence-electron chi connectivity index (χ0n) is 38.6. The molecule has 62 heavy (non-hydrogen) atoms. The predicted molar refractivity (Wildman–Crippen MR) is 240 cm³/mol. The van der Waals surface area contributed by atoms with Crippen LogP contribution in [-0.4, -0.2) is 140 Å². The molecule has 2 aliphatic rings. The molecule has 0 aromatic rings. The Labute approximate surface area is 374 Å². The standard InChI is InChI=1S/C48H91NO13/c1-3-5-7-9-11-13-15-17-18-20-22-24-26-28-30-32-40(53)49-36(37(52)31-29-27-25-23-21-19-16-14-12-10-8-6-4-2)35-59-47-45(58)43(56)46(39(34-51)61-47)62-48-44(57)42(55)41(54)38(33-50)60-48/h29,31,36-39,41-48,50-52,54-58H,3-28,30,32-35H2,1-2H3,(H,49,53)/b31-29+/t36-,37+,38+,39+,41-,42?,43?,44?,45?,46+,47+,48-/m0/s1. The van der Waals surface area contributed by atoms with Crippen molar-refractivity contribution in [2.45, 2.75) is 267 Å². The van der Waals surface area contributed by atoms with Gasteiger partial charge in [0.05, 0.1) is 32.0 Å². The van der Waals surface area contributed by atoms with Crippen molar-refractivity contribution < 1.29 is 64.6 Å². The summed E-state index contributed by atoms with van der Waals surface area (Å²) in [6.45, 7) is 2.78. The summed E-state index contributed by atoms with van der Waals surface area (Å²) in [5.74, 6) is -0.238. The topological polar surface area (TPSA) is 228 Å². The van der Waals surface area contributed by atoms with Crippen molar-refractivity contribution in [3.05, 3.63) is 12.2 Å². The Hall–Kier alpha value is -1.27. The van der Waals surface area contributed by atoms with Gasteiger partial charge in [0.25, 0.3) is 0 Å². The van der Waals surface area contributed by atoms with Gasteiger partial charge in [0.15, 0.2) is 12.6 Å². The van der Waals surface area contributed by atoms with E-state index >= 15 is 0 Å². The van der Waals surface area contributed by atoms with E-state index in [9.17, 15) is 45.6 Å². The lowest BCUT2D eigenvalue weighted by Gasteiger charge is -2.46. The molecule has 2 fully saturated rings. The summed E-state index contributed by atoms with van der Waals surface area (Å²) in [5, 5.41) is 86.6. The maximum atomic E-state index is 13.1. The first-order valence-corrected chi connectivity index (χ1v) is 24.9. The summed E-state index contributed by atoms with van der Waals surface area (Å²) in [4.78, 5) is 13.1. The van der Waals surface area contributed by atoms with Crippen molar-refractivity contribution in [1.82, 2.24) is 5.32 Å². The van der Waals surface area contributed by atoms with Gasteiger partial charge in [0.1, 0.15) is 48.8 Å². The van der Waals surface area contributed by atoms with E-state index in [1.54, 1.807) is 6.08 Å². The summed E-state index contributed by atoms with van der Waals surface area (Å²) >= 11 is 0. The van der Waals surface area contributed by atoms with Crippen LogP contribution in [0.3, 0.4) is 0 Å². The van der Waals surface area contributed by atoms with Gasteiger partial charge in [-0.3, -0.25) is 4.79 Å². The van der Waals surface area contributed by atoms with Crippen LogP contribution in [0, 0.1) is 0 Å². The van der Waals surface area contributed by atoms with E-state index < -0.39 is 86.8 Å². The molecule has 2 aliphatic heterocycles. The van der Waals surface area contributed by atoms with E-state index in [0.717, 1.165) is 38.5 Å². The van der Waals surface area contributed by atoms with E-state index in [1.807, 2.05) is 6.08 Å². The van der Waals surface area contributed by atoms with E-state index in [1.165, 1.54) is 128 Å². The fraction of sp³-hybridized carbons (Fsp3) is 0.938. The van der Waals surface area contributed by atoms with Crippen molar-refractivity contribution in [3.63, 3.8) is 0 Å². The first kappa shape index (κ1) is 56.9. The van der Waals surface area contributed by atoms with E-state index in [0.29, 0.717) is 6.42 Å². The number of allylic oxidation sites excluding steroid dienone is 1. The Morgan fingerprint density at radius 1 is 0.565 bits per heavy atom. The second kappa shape index (κ2) is 35.9. The average molecular weight is 890 g/mol. The molecule has 9 N–H and O–H groups in total. The van der Waals surface area contributed by atoms with Gasteiger partial charge in [-0.25, -0.2) is 0 Å². The van der Waals surface area contributed by atoms with Gasteiger partial charge in [-0.1, -0.05) is 180 Å². The number of rotatable bonds is 38. The Balaban J connectivity index is 1.86. The van der Waals surface area contributed by atoms with Crippen molar-refractivity contribution in [1.29, 1.82) is 0 Å².